The number of nitrogens with zero attached hydrogens (tertiary/aromatic N) is 4. The number of hydrogen-bond acceptors (Lipinski definition) is 4. The van der Waals surface area contributed by atoms with Gasteiger partial charge >= 0.3 is 5.69 Å². The van der Waals surface area contributed by atoms with Crippen molar-refractivity contribution in [3.05, 3.63) is 22.0 Å². The summed E-state index contributed by atoms with van der Waals surface area (Å²) in [6.07, 6.45) is 3.47. The molecule has 0 saturated heterocycles. The molecule has 0 atom stereocenters. The first kappa shape index (κ1) is 11.7. The van der Waals surface area contributed by atoms with Gasteiger partial charge in [-0.25, -0.2) is 9.78 Å². The molecule has 3 rings (SSSR count). The summed E-state index contributed by atoms with van der Waals surface area (Å²) < 4.78 is 8.48. The fraction of sp³-hybridized carbons (Fsp3) is 0.545. The Bertz CT molecular complexity index is 657. The summed E-state index contributed by atoms with van der Waals surface area (Å²) in [7, 11) is 3.40. The minimum atomic E-state index is -0.0823. The first-order valence-corrected chi connectivity index (χ1v) is 6.12. The minimum absolute atomic E-state index is 0.0823. The van der Waals surface area contributed by atoms with Crippen molar-refractivity contribution in [2.75, 3.05) is 7.11 Å². The largest absolute Gasteiger partial charge is 0.381 e. The summed E-state index contributed by atoms with van der Waals surface area (Å²) in [4.78, 5) is 20.3. The molecule has 0 radical (unpaired) electrons. The van der Waals surface area contributed by atoms with Crippen molar-refractivity contribution in [2.24, 2.45) is 7.05 Å². The van der Waals surface area contributed by atoms with Crippen molar-refractivity contribution in [1.29, 1.82) is 0 Å². The van der Waals surface area contributed by atoms with Crippen LogP contribution in [0.15, 0.2) is 11.0 Å². The third-order valence-corrected chi connectivity index (χ3v) is 3.75. The maximum Gasteiger partial charge on any atom is 0.330 e. The molecule has 2 aromatic heterocycles. The predicted molar refractivity (Wildman–Crippen MR) is 66.8 cm³/mol. The Balaban J connectivity index is 2.14. The zero-order valence-electron chi connectivity index (χ0n) is 10.1. The molecule has 96 valence electrons. The number of methoxy groups -OCH3 is 1. The molecule has 0 aromatic carbocycles. The Morgan fingerprint density at radius 1 is 1.50 bits per heavy atom. The number of imidazole rings is 1. The molecule has 1 aliphatic carbocycles. The molecule has 7 heteroatoms. The van der Waals surface area contributed by atoms with Gasteiger partial charge in [-0.3, -0.25) is 9.13 Å². The first-order chi connectivity index (χ1) is 8.61. The second kappa shape index (κ2) is 4.07. The van der Waals surface area contributed by atoms with Crippen LogP contribution in [0.2, 0.25) is 5.28 Å². The smallest absolute Gasteiger partial charge is 0.330 e. The Hall–Kier alpha value is -1.40. The van der Waals surface area contributed by atoms with E-state index in [1.807, 2.05) is 0 Å². The number of fused-ring (bicyclic) bond motifs is 1. The quantitative estimate of drug-likeness (QED) is 0.766. The van der Waals surface area contributed by atoms with E-state index in [4.69, 9.17) is 16.3 Å². The molecule has 0 bridgehead atoms. The van der Waals surface area contributed by atoms with Crippen LogP contribution in [-0.2, 0) is 11.8 Å². The van der Waals surface area contributed by atoms with E-state index in [-0.39, 0.29) is 23.1 Å². The zero-order valence-corrected chi connectivity index (χ0v) is 10.9. The van der Waals surface area contributed by atoms with E-state index in [0.29, 0.717) is 11.2 Å². The van der Waals surface area contributed by atoms with Gasteiger partial charge in [-0.1, -0.05) is 0 Å². The SMILES string of the molecule is COC1CC(n2c(=O)n(C)c3cnc(Cl)nc32)C1. The average Bonchev–Trinajstić information content (AvgIpc) is 2.52. The van der Waals surface area contributed by atoms with Gasteiger partial charge in [0.15, 0.2) is 5.65 Å². The van der Waals surface area contributed by atoms with Crippen LogP contribution >= 0.6 is 11.6 Å². The van der Waals surface area contributed by atoms with Crippen LogP contribution in [0.1, 0.15) is 18.9 Å². The molecule has 0 unspecified atom stereocenters. The Labute approximate surface area is 108 Å². The molecule has 2 aromatic rings. The van der Waals surface area contributed by atoms with E-state index in [1.54, 1.807) is 29.5 Å². The zero-order chi connectivity index (χ0) is 12.9. The lowest BCUT2D eigenvalue weighted by atomic mass is 9.89. The van der Waals surface area contributed by atoms with Crippen molar-refractivity contribution >= 4 is 22.8 Å². The van der Waals surface area contributed by atoms with Gasteiger partial charge in [0, 0.05) is 20.2 Å². The molecular weight excluding hydrogens is 256 g/mol. The maximum absolute atomic E-state index is 12.2. The van der Waals surface area contributed by atoms with Gasteiger partial charge in [-0.2, -0.15) is 4.98 Å². The molecule has 0 spiro atoms. The van der Waals surface area contributed by atoms with Gasteiger partial charge in [-0.05, 0) is 24.4 Å². The first-order valence-electron chi connectivity index (χ1n) is 5.74. The van der Waals surface area contributed by atoms with Crippen LogP contribution in [0, 0.1) is 0 Å². The van der Waals surface area contributed by atoms with E-state index in [2.05, 4.69) is 9.97 Å². The highest BCUT2D eigenvalue weighted by Gasteiger charge is 2.33. The molecule has 1 fully saturated rings. The van der Waals surface area contributed by atoms with Crippen molar-refractivity contribution in [1.82, 2.24) is 19.1 Å². The fourth-order valence-corrected chi connectivity index (χ4v) is 2.51. The van der Waals surface area contributed by atoms with Gasteiger partial charge < -0.3 is 4.74 Å². The molecule has 1 aliphatic rings. The van der Waals surface area contributed by atoms with E-state index in [9.17, 15) is 4.79 Å². The molecule has 1 saturated carbocycles. The highest BCUT2D eigenvalue weighted by Crippen LogP contribution is 2.34. The Kier molecular flexibility index (Phi) is 2.64. The van der Waals surface area contributed by atoms with Crippen LogP contribution in [0.25, 0.3) is 11.2 Å². The van der Waals surface area contributed by atoms with Crippen LogP contribution in [0.5, 0.6) is 0 Å². The lowest BCUT2D eigenvalue weighted by molar-refractivity contribution is 0.00616. The highest BCUT2D eigenvalue weighted by molar-refractivity contribution is 6.28. The Morgan fingerprint density at radius 3 is 2.89 bits per heavy atom. The van der Waals surface area contributed by atoms with Gasteiger partial charge in [0.2, 0.25) is 5.28 Å². The summed E-state index contributed by atoms with van der Waals surface area (Å²) >= 11 is 5.80. The van der Waals surface area contributed by atoms with Crippen LogP contribution < -0.4 is 5.69 Å². The number of aromatic nitrogens is 4. The lowest BCUT2D eigenvalue weighted by Gasteiger charge is -2.34. The summed E-state index contributed by atoms with van der Waals surface area (Å²) in [5, 5.41) is 0.157. The van der Waals surface area contributed by atoms with Gasteiger partial charge in [0.05, 0.1) is 12.3 Å². The lowest BCUT2D eigenvalue weighted by Crippen LogP contribution is -2.37. The molecular formula is C11H13ClN4O2. The second-order valence-electron chi connectivity index (χ2n) is 4.54. The summed E-state index contributed by atoms with van der Waals surface area (Å²) in [6, 6.07) is 0.136. The molecule has 0 N–H and O–H groups in total. The van der Waals surface area contributed by atoms with E-state index in [0.717, 1.165) is 12.8 Å². The van der Waals surface area contributed by atoms with Gasteiger partial charge in [-0.15, -0.1) is 0 Å². The van der Waals surface area contributed by atoms with Crippen molar-refractivity contribution in [3.63, 3.8) is 0 Å². The van der Waals surface area contributed by atoms with E-state index >= 15 is 0 Å². The fourth-order valence-electron chi connectivity index (χ4n) is 2.39. The number of halogens is 1. The Morgan fingerprint density at radius 2 is 2.22 bits per heavy atom. The van der Waals surface area contributed by atoms with Crippen molar-refractivity contribution in [3.8, 4) is 0 Å². The third-order valence-electron chi connectivity index (χ3n) is 3.57. The molecule has 0 aliphatic heterocycles. The standard InChI is InChI=1S/C11H13ClN4O2/c1-15-8-5-13-10(12)14-9(8)16(11(15)17)6-3-7(4-6)18-2/h5-7H,3-4H2,1-2H3. The summed E-state index contributed by atoms with van der Waals surface area (Å²) in [5.74, 6) is 0. The molecule has 18 heavy (non-hydrogen) atoms. The normalized spacial score (nSPS) is 23.3. The van der Waals surface area contributed by atoms with E-state index in [1.165, 1.54) is 0 Å². The van der Waals surface area contributed by atoms with Crippen LogP contribution in [0.4, 0.5) is 0 Å². The predicted octanol–water partition coefficient (Wildman–Crippen LogP) is 1.13. The minimum Gasteiger partial charge on any atom is -0.381 e. The number of rotatable bonds is 2. The van der Waals surface area contributed by atoms with Crippen molar-refractivity contribution < 1.29 is 4.74 Å². The third kappa shape index (κ3) is 1.56. The molecule has 2 heterocycles. The van der Waals surface area contributed by atoms with Gasteiger partial charge in [0.25, 0.3) is 0 Å². The number of aryl methyl sites for hydroxylation is 1. The number of ether oxygens (including phenoxy) is 1. The van der Waals surface area contributed by atoms with Crippen LogP contribution in [-0.4, -0.2) is 32.3 Å². The molecule has 0 amide bonds. The maximum atomic E-state index is 12.2. The average molecular weight is 269 g/mol. The van der Waals surface area contributed by atoms with Crippen LogP contribution in [0.3, 0.4) is 0 Å². The number of hydrogen-bond donors (Lipinski definition) is 0. The summed E-state index contributed by atoms with van der Waals surface area (Å²) in [6.45, 7) is 0. The second-order valence-corrected chi connectivity index (χ2v) is 4.88. The monoisotopic (exact) mass is 268 g/mol. The summed E-state index contributed by atoms with van der Waals surface area (Å²) in [5.41, 5.74) is 1.22. The topological polar surface area (TPSA) is 61.9 Å². The molecule has 6 nitrogen and oxygen atoms in total. The highest BCUT2D eigenvalue weighted by atomic mass is 35.5. The van der Waals surface area contributed by atoms with Gasteiger partial charge in [0.1, 0.15) is 5.52 Å². The van der Waals surface area contributed by atoms with Crippen molar-refractivity contribution in [2.45, 2.75) is 25.0 Å². The van der Waals surface area contributed by atoms with E-state index < -0.39 is 0 Å².